The minimum atomic E-state index is 0.906. The first-order valence-corrected chi connectivity index (χ1v) is 28.8. The lowest BCUT2D eigenvalue weighted by Gasteiger charge is -2.13. The zero-order valence-corrected chi connectivity index (χ0v) is 44.6. The van der Waals surface area contributed by atoms with E-state index < -0.39 is 0 Å². The zero-order valence-electron chi connectivity index (χ0n) is 44.6. The summed E-state index contributed by atoms with van der Waals surface area (Å²) in [4.78, 5) is 0. The number of para-hydroxylation sites is 5. The summed E-state index contributed by atoms with van der Waals surface area (Å²) in [7, 11) is 0. The van der Waals surface area contributed by atoms with Gasteiger partial charge in [0.1, 0.15) is 23.6 Å². The molecule has 0 spiro atoms. The summed E-state index contributed by atoms with van der Waals surface area (Å²) >= 11 is 0. The average molecular weight is 1070 g/mol. The predicted octanol–water partition coefficient (Wildman–Crippen LogP) is 20.1. The SMILES string of the molecule is c1ccc(-c2c3c4ccccc4n4c5cc6c7c8c(c(-c9ccc(-c%10cccc%11c%10c%10coc%12c%13cc%14c(cc%13n%11c%10%12)c%10occ%11c%12ccccc%12n%14c%11%10)cc9)n7-c7ccccc7)c7ccccc7n8c6cc5c(c34)n2-c2ccccc2)cc1. The molecule has 0 saturated carbocycles. The number of furan rings is 2. The molecule has 22 aromatic rings. The van der Waals surface area contributed by atoms with E-state index in [0.29, 0.717) is 0 Å². The van der Waals surface area contributed by atoms with Crippen LogP contribution in [-0.4, -0.2) is 26.7 Å². The topological polar surface area (TPSA) is 53.8 Å². The van der Waals surface area contributed by atoms with Crippen molar-refractivity contribution in [1.82, 2.24) is 26.7 Å². The fourth-order valence-electron chi connectivity index (χ4n) is 16.1. The Morgan fingerprint density at radius 1 is 0.238 bits per heavy atom. The standard InChI is InChI=1S/C76H40N6O2/c1-4-17-42(18-5-1)67-65-48-24-11-14-28-57(48)80-60-36-51-61(35-50(60)69(73(65)80)77(67)44-19-6-2-7-20-44)81-58-29-15-12-25-49(58)66-68(78(70(51)74(66)81)45-21-8-3-9-22-45)43-33-31-41(32-34-43)46-26-16-30-59-64(46)55-40-84-76-53-37-62-52(38-63(53)82(59)72(55)76)75-71-54(39-83-75)47-23-10-13-27-56(47)79(62)71/h1-40H. The molecule has 0 amide bonds. The van der Waals surface area contributed by atoms with E-state index >= 15 is 0 Å². The van der Waals surface area contributed by atoms with Gasteiger partial charge in [0.05, 0.1) is 77.6 Å². The molecule has 0 atom stereocenters. The van der Waals surface area contributed by atoms with E-state index in [1.807, 2.05) is 12.5 Å². The van der Waals surface area contributed by atoms with Crippen molar-refractivity contribution in [1.29, 1.82) is 0 Å². The maximum atomic E-state index is 6.64. The number of nitrogens with zero attached hydrogens (tertiary/aromatic N) is 6. The molecule has 0 aliphatic rings. The Hall–Kier alpha value is -11.5. The minimum absolute atomic E-state index is 0.906. The van der Waals surface area contributed by atoms with E-state index in [9.17, 15) is 0 Å². The second kappa shape index (κ2) is 14.5. The van der Waals surface area contributed by atoms with E-state index in [1.165, 1.54) is 115 Å². The highest BCUT2D eigenvalue weighted by Crippen LogP contribution is 2.53. The summed E-state index contributed by atoms with van der Waals surface area (Å²) in [5.41, 5.74) is 27.7. The van der Waals surface area contributed by atoms with Crippen LogP contribution in [0.5, 0.6) is 0 Å². The van der Waals surface area contributed by atoms with Gasteiger partial charge in [-0.05, 0) is 95.1 Å². The largest absolute Gasteiger partial charge is 0.461 e. The van der Waals surface area contributed by atoms with Crippen LogP contribution in [0.4, 0.5) is 0 Å². The van der Waals surface area contributed by atoms with Gasteiger partial charge in [-0.3, -0.25) is 0 Å². The molecule has 0 aliphatic carbocycles. The molecule has 0 aliphatic heterocycles. The third-order valence-corrected chi connectivity index (χ3v) is 19.3. The number of hydrogen-bond donors (Lipinski definition) is 0. The first-order chi connectivity index (χ1) is 41.7. The second-order valence-corrected chi connectivity index (χ2v) is 23.1. The third-order valence-electron chi connectivity index (χ3n) is 19.3. The van der Waals surface area contributed by atoms with Crippen molar-refractivity contribution in [2.24, 2.45) is 0 Å². The number of rotatable bonds is 5. The highest BCUT2D eigenvalue weighted by Gasteiger charge is 2.33. The Kier molecular flexibility index (Phi) is 7.33. The molecule has 8 nitrogen and oxygen atoms in total. The summed E-state index contributed by atoms with van der Waals surface area (Å²) in [5, 5.41) is 14.3. The van der Waals surface area contributed by atoms with Crippen LogP contribution in [0.15, 0.2) is 252 Å². The molecule has 0 saturated heterocycles. The van der Waals surface area contributed by atoms with Crippen LogP contribution in [-0.2, 0) is 0 Å². The lowest BCUT2D eigenvalue weighted by atomic mass is 9.97. The highest BCUT2D eigenvalue weighted by atomic mass is 16.3. The van der Waals surface area contributed by atoms with Crippen LogP contribution in [0, 0.1) is 0 Å². The normalized spacial score (nSPS) is 13.0. The van der Waals surface area contributed by atoms with Gasteiger partial charge < -0.3 is 35.6 Å². The highest BCUT2D eigenvalue weighted by molar-refractivity contribution is 6.34. The fourth-order valence-corrected chi connectivity index (χ4v) is 16.1. The molecular weight excluding hydrogens is 1030 g/mol. The maximum Gasteiger partial charge on any atom is 0.160 e. The first kappa shape index (κ1) is 42.4. The van der Waals surface area contributed by atoms with Gasteiger partial charge in [-0.2, -0.15) is 0 Å². The first-order valence-electron chi connectivity index (χ1n) is 28.8. The smallest absolute Gasteiger partial charge is 0.160 e. The van der Waals surface area contributed by atoms with Crippen molar-refractivity contribution in [3.05, 3.63) is 243 Å². The van der Waals surface area contributed by atoms with Crippen molar-refractivity contribution < 1.29 is 8.83 Å². The van der Waals surface area contributed by atoms with Crippen LogP contribution in [0.3, 0.4) is 0 Å². The molecule has 0 bridgehead atoms. The van der Waals surface area contributed by atoms with Gasteiger partial charge in [-0.15, -0.1) is 0 Å². The van der Waals surface area contributed by atoms with Gasteiger partial charge in [0.25, 0.3) is 0 Å². The number of aromatic nitrogens is 6. The van der Waals surface area contributed by atoms with E-state index in [2.05, 4.69) is 257 Å². The van der Waals surface area contributed by atoms with Crippen molar-refractivity contribution >= 4 is 153 Å². The molecule has 0 N–H and O–H groups in total. The summed E-state index contributed by atoms with van der Waals surface area (Å²) in [5.74, 6) is 0. The number of benzene rings is 10. The molecule has 0 fully saturated rings. The van der Waals surface area contributed by atoms with Crippen molar-refractivity contribution in [2.45, 2.75) is 0 Å². The molecule has 84 heavy (non-hydrogen) atoms. The molecule has 8 heteroatoms. The zero-order chi connectivity index (χ0) is 53.9. The predicted molar refractivity (Wildman–Crippen MR) is 345 cm³/mol. The minimum Gasteiger partial charge on any atom is -0.461 e. The molecular formula is C76H40N6O2. The molecule has 22 rings (SSSR count). The molecule has 12 heterocycles. The summed E-state index contributed by atoms with van der Waals surface area (Å²) in [6.45, 7) is 0. The lowest BCUT2D eigenvalue weighted by molar-refractivity contribution is 0.622. The van der Waals surface area contributed by atoms with Crippen LogP contribution in [0.25, 0.3) is 198 Å². The Morgan fingerprint density at radius 2 is 0.643 bits per heavy atom. The average Bonchev–Trinajstić information content (AvgIpc) is 1.71. The van der Waals surface area contributed by atoms with Crippen LogP contribution in [0.1, 0.15) is 0 Å². The number of fused-ring (bicyclic) bond motifs is 24. The van der Waals surface area contributed by atoms with Crippen molar-refractivity contribution in [3.63, 3.8) is 0 Å². The quantitative estimate of drug-likeness (QED) is 0.172. The summed E-state index contributed by atoms with van der Waals surface area (Å²) < 4.78 is 28.0. The van der Waals surface area contributed by atoms with Crippen LogP contribution in [0.2, 0.25) is 0 Å². The second-order valence-electron chi connectivity index (χ2n) is 23.1. The van der Waals surface area contributed by atoms with Gasteiger partial charge in [-0.1, -0.05) is 158 Å². The Morgan fingerprint density at radius 3 is 1.21 bits per heavy atom. The molecule has 10 aromatic carbocycles. The lowest BCUT2D eigenvalue weighted by Crippen LogP contribution is -1.97. The monoisotopic (exact) mass is 1070 g/mol. The van der Waals surface area contributed by atoms with Gasteiger partial charge in [0, 0.05) is 76.0 Å². The maximum absolute atomic E-state index is 6.64. The van der Waals surface area contributed by atoms with E-state index in [1.54, 1.807) is 0 Å². The molecule has 0 radical (unpaired) electrons. The fraction of sp³-hybridized carbons (Fsp3) is 0. The van der Waals surface area contributed by atoms with Gasteiger partial charge >= 0.3 is 0 Å². The Labute approximate surface area is 474 Å². The van der Waals surface area contributed by atoms with E-state index in [4.69, 9.17) is 8.83 Å². The Bertz CT molecular complexity index is 6560. The molecule has 0 unspecified atom stereocenters. The van der Waals surface area contributed by atoms with Crippen LogP contribution < -0.4 is 0 Å². The van der Waals surface area contributed by atoms with E-state index in [0.717, 1.165) is 82.8 Å². The summed E-state index contributed by atoms with van der Waals surface area (Å²) in [6, 6.07) is 85.2. The van der Waals surface area contributed by atoms with Gasteiger partial charge in [0.2, 0.25) is 0 Å². The molecule has 386 valence electrons. The van der Waals surface area contributed by atoms with Crippen molar-refractivity contribution in [2.75, 3.05) is 0 Å². The van der Waals surface area contributed by atoms with E-state index in [-0.39, 0.29) is 0 Å². The van der Waals surface area contributed by atoms with Gasteiger partial charge in [0.15, 0.2) is 11.2 Å². The molecule has 12 aromatic heterocycles. The number of hydrogen-bond acceptors (Lipinski definition) is 2. The third kappa shape index (κ3) is 4.76. The van der Waals surface area contributed by atoms with Crippen LogP contribution >= 0.6 is 0 Å². The van der Waals surface area contributed by atoms with Gasteiger partial charge in [-0.25, -0.2) is 0 Å². The summed E-state index contributed by atoms with van der Waals surface area (Å²) in [6.07, 6.45) is 3.89. The Balaban J connectivity index is 0.785. The van der Waals surface area contributed by atoms with Crippen molar-refractivity contribution in [3.8, 4) is 45.0 Å².